The van der Waals surface area contributed by atoms with E-state index in [0.717, 1.165) is 49.1 Å². The number of aromatic nitrogens is 3. The van der Waals surface area contributed by atoms with Gasteiger partial charge in [-0.3, -0.25) is 14.7 Å². The van der Waals surface area contributed by atoms with E-state index < -0.39 is 0 Å². The number of nitrogens with one attached hydrogen (secondary N) is 1. The molecule has 0 unspecified atom stereocenters. The molecule has 1 aromatic carbocycles. The van der Waals surface area contributed by atoms with Gasteiger partial charge >= 0.3 is 0 Å². The SMILES string of the molecule is O=C(c1n[nH]c2c1CCC2)N1C[C@H]2C[C@@H](C1)[C@H](Cc1ccccc1)n1c2cccc1=O. The van der Waals surface area contributed by atoms with Crippen LogP contribution in [0.5, 0.6) is 0 Å². The van der Waals surface area contributed by atoms with Gasteiger partial charge in [0.05, 0.1) is 0 Å². The van der Waals surface area contributed by atoms with Crippen molar-refractivity contribution < 1.29 is 4.79 Å². The van der Waals surface area contributed by atoms with Gasteiger partial charge in [-0.2, -0.15) is 5.10 Å². The predicted octanol–water partition coefficient (Wildman–Crippen LogP) is 3.10. The summed E-state index contributed by atoms with van der Waals surface area (Å²) in [5.74, 6) is 0.484. The average Bonchev–Trinajstić information content (AvgIpc) is 3.41. The third-order valence-electron chi connectivity index (χ3n) is 7.38. The summed E-state index contributed by atoms with van der Waals surface area (Å²) in [6.07, 6.45) is 4.82. The number of likely N-dealkylation sites (tertiary alicyclic amines) is 1. The van der Waals surface area contributed by atoms with E-state index in [1.165, 1.54) is 5.56 Å². The predicted molar refractivity (Wildman–Crippen MR) is 117 cm³/mol. The van der Waals surface area contributed by atoms with Crippen LogP contribution in [-0.4, -0.2) is 38.7 Å². The standard InChI is InChI=1S/C25H26N4O2/c30-23-11-5-10-21-17-13-18(22(29(21)23)12-16-6-2-1-3-7-16)15-28(14-17)25(31)24-19-8-4-9-20(19)26-27-24/h1-3,5-7,10-11,17-18,22H,4,8-9,12-15H2,(H,26,27)/t17-,18+,22+/m1/s1. The maximum absolute atomic E-state index is 13.5. The van der Waals surface area contributed by atoms with Gasteiger partial charge in [-0.1, -0.05) is 36.4 Å². The number of carbonyl (C=O) groups excluding carboxylic acids is 1. The van der Waals surface area contributed by atoms with E-state index in [4.69, 9.17) is 0 Å². The number of carbonyl (C=O) groups is 1. The third-order valence-corrected chi connectivity index (χ3v) is 7.38. The van der Waals surface area contributed by atoms with E-state index in [1.54, 1.807) is 6.07 Å². The molecule has 0 spiro atoms. The summed E-state index contributed by atoms with van der Waals surface area (Å²) in [4.78, 5) is 28.4. The van der Waals surface area contributed by atoms with E-state index in [-0.39, 0.29) is 29.3 Å². The maximum atomic E-state index is 13.5. The summed E-state index contributed by atoms with van der Waals surface area (Å²) >= 11 is 0. The average molecular weight is 415 g/mol. The highest BCUT2D eigenvalue weighted by atomic mass is 16.2. The number of H-pyrrole nitrogens is 1. The van der Waals surface area contributed by atoms with Gasteiger partial charge in [-0.25, -0.2) is 0 Å². The number of nitrogens with zero attached hydrogens (tertiary/aromatic N) is 3. The maximum Gasteiger partial charge on any atom is 0.274 e. The van der Waals surface area contributed by atoms with Crippen molar-refractivity contribution in [3.8, 4) is 0 Å². The molecule has 3 aliphatic rings. The van der Waals surface area contributed by atoms with Crippen molar-refractivity contribution in [2.75, 3.05) is 13.1 Å². The number of amides is 1. The zero-order valence-corrected chi connectivity index (χ0v) is 17.5. The molecule has 6 nitrogen and oxygen atoms in total. The van der Waals surface area contributed by atoms with Gasteiger partial charge in [0.15, 0.2) is 5.69 Å². The minimum absolute atomic E-state index is 0.0410. The van der Waals surface area contributed by atoms with Crippen LogP contribution < -0.4 is 5.56 Å². The first-order chi connectivity index (χ1) is 15.2. The first kappa shape index (κ1) is 18.6. The Morgan fingerprint density at radius 3 is 2.81 bits per heavy atom. The Morgan fingerprint density at radius 2 is 1.94 bits per heavy atom. The quantitative estimate of drug-likeness (QED) is 0.716. The van der Waals surface area contributed by atoms with Crippen LogP contribution in [0, 0.1) is 5.92 Å². The molecule has 3 atom stereocenters. The number of pyridine rings is 1. The summed E-state index contributed by atoms with van der Waals surface area (Å²) in [5, 5.41) is 7.46. The lowest BCUT2D eigenvalue weighted by molar-refractivity contribution is 0.0522. The normalized spacial score (nSPS) is 24.0. The van der Waals surface area contributed by atoms with Crippen LogP contribution in [-0.2, 0) is 19.3 Å². The molecule has 31 heavy (non-hydrogen) atoms. The number of aryl methyl sites for hydroxylation is 1. The van der Waals surface area contributed by atoms with E-state index in [0.29, 0.717) is 18.8 Å². The molecule has 1 fully saturated rings. The molecule has 2 bridgehead atoms. The van der Waals surface area contributed by atoms with Crippen molar-refractivity contribution in [1.82, 2.24) is 19.7 Å². The Labute approximate surface area is 180 Å². The van der Waals surface area contributed by atoms with Crippen LogP contribution in [0.4, 0.5) is 0 Å². The van der Waals surface area contributed by atoms with E-state index in [9.17, 15) is 9.59 Å². The van der Waals surface area contributed by atoms with Crippen molar-refractivity contribution in [1.29, 1.82) is 0 Å². The molecule has 2 aromatic heterocycles. The second-order valence-corrected chi connectivity index (χ2v) is 9.20. The Balaban J connectivity index is 1.36. The van der Waals surface area contributed by atoms with Crippen LogP contribution in [0.3, 0.4) is 0 Å². The van der Waals surface area contributed by atoms with E-state index >= 15 is 0 Å². The highest BCUT2D eigenvalue weighted by molar-refractivity contribution is 5.94. The number of aromatic amines is 1. The fraction of sp³-hybridized carbons (Fsp3) is 0.400. The zero-order valence-electron chi connectivity index (χ0n) is 17.5. The Kier molecular flexibility index (Phi) is 4.33. The lowest BCUT2D eigenvalue weighted by Gasteiger charge is -2.47. The lowest BCUT2D eigenvalue weighted by atomic mass is 9.76. The Bertz CT molecular complexity index is 1200. The van der Waals surface area contributed by atoms with Gasteiger partial charge in [-0.05, 0) is 49.7 Å². The van der Waals surface area contributed by atoms with Gasteiger partial charge in [0.25, 0.3) is 11.5 Å². The molecule has 1 saturated heterocycles. The summed E-state index contributed by atoms with van der Waals surface area (Å²) < 4.78 is 2.01. The van der Waals surface area contributed by atoms with Gasteiger partial charge in [0.1, 0.15) is 0 Å². The minimum atomic E-state index is 0.0410. The number of benzene rings is 1. The number of rotatable bonds is 3. The number of hydrogen-bond donors (Lipinski definition) is 1. The van der Waals surface area contributed by atoms with Gasteiger partial charge < -0.3 is 9.47 Å². The molecule has 4 heterocycles. The van der Waals surface area contributed by atoms with Gasteiger partial charge in [0.2, 0.25) is 0 Å². The monoisotopic (exact) mass is 414 g/mol. The van der Waals surface area contributed by atoms with Crippen molar-refractivity contribution in [3.63, 3.8) is 0 Å². The molecule has 1 amide bonds. The molecule has 1 N–H and O–H groups in total. The first-order valence-electron chi connectivity index (χ1n) is 11.3. The summed E-state index contributed by atoms with van der Waals surface area (Å²) in [6, 6.07) is 16.0. The topological polar surface area (TPSA) is 71.0 Å². The second kappa shape index (κ2) is 7.22. The fourth-order valence-electron chi connectivity index (χ4n) is 5.97. The smallest absolute Gasteiger partial charge is 0.274 e. The molecular formula is C25H26N4O2. The van der Waals surface area contributed by atoms with Crippen molar-refractivity contribution >= 4 is 5.91 Å². The number of hydrogen-bond acceptors (Lipinski definition) is 3. The van der Waals surface area contributed by atoms with Crippen molar-refractivity contribution in [2.45, 2.75) is 44.1 Å². The van der Waals surface area contributed by atoms with E-state index in [1.807, 2.05) is 33.7 Å². The van der Waals surface area contributed by atoms with Crippen molar-refractivity contribution in [2.24, 2.45) is 5.92 Å². The van der Waals surface area contributed by atoms with Crippen LogP contribution >= 0.6 is 0 Å². The highest BCUT2D eigenvalue weighted by Gasteiger charge is 2.42. The molecule has 0 saturated carbocycles. The molecular weight excluding hydrogens is 388 g/mol. The van der Waals surface area contributed by atoms with Crippen LogP contribution in [0.25, 0.3) is 0 Å². The van der Waals surface area contributed by atoms with Gasteiger partial charge in [-0.15, -0.1) is 0 Å². The lowest BCUT2D eigenvalue weighted by Crippen LogP contribution is -2.51. The zero-order chi connectivity index (χ0) is 20.9. The van der Waals surface area contributed by atoms with Crippen LogP contribution in [0.2, 0.25) is 0 Å². The largest absolute Gasteiger partial charge is 0.336 e. The Morgan fingerprint density at radius 1 is 1.06 bits per heavy atom. The molecule has 0 radical (unpaired) electrons. The Hall–Kier alpha value is -3.15. The summed E-state index contributed by atoms with van der Waals surface area (Å²) in [5.41, 5.74) is 5.20. The number of piperidine rings is 1. The van der Waals surface area contributed by atoms with E-state index in [2.05, 4.69) is 28.4 Å². The molecule has 6 heteroatoms. The molecule has 2 aliphatic heterocycles. The third kappa shape index (κ3) is 3.04. The molecule has 3 aromatic rings. The first-order valence-corrected chi connectivity index (χ1v) is 11.3. The summed E-state index contributed by atoms with van der Waals surface area (Å²) in [7, 11) is 0. The molecule has 1 aliphatic carbocycles. The van der Waals surface area contributed by atoms with Crippen LogP contribution in [0.15, 0.2) is 53.3 Å². The minimum Gasteiger partial charge on any atom is -0.336 e. The van der Waals surface area contributed by atoms with Crippen LogP contribution in [0.1, 0.15) is 57.8 Å². The molecule has 158 valence electrons. The highest BCUT2D eigenvalue weighted by Crippen LogP contribution is 2.42. The second-order valence-electron chi connectivity index (χ2n) is 9.20. The molecule has 6 rings (SSSR count). The van der Waals surface area contributed by atoms with Crippen molar-refractivity contribution in [3.05, 3.63) is 87.1 Å². The van der Waals surface area contributed by atoms with Gasteiger partial charge in [0, 0.05) is 48.1 Å². The number of fused-ring (bicyclic) bond motifs is 5. The summed E-state index contributed by atoms with van der Waals surface area (Å²) in [6.45, 7) is 1.33. The fourth-order valence-corrected chi connectivity index (χ4v) is 5.97.